The summed E-state index contributed by atoms with van der Waals surface area (Å²) in [4.78, 5) is 28.8. The number of H-pyrrole nitrogens is 1. The molecule has 0 fully saturated rings. The number of amides is 1. The molecule has 0 bridgehead atoms. The van der Waals surface area contributed by atoms with Gasteiger partial charge in [-0.15, -0.1) is 0 Å². The minimum Gasteiger partial charge on any atom is -0.486 e. The van der Waals surface area contributed by atoms with E-state index in [1.807, 2.05) is 4.72 Å². The van der Waals surface area contributed by atoms with Crippen molar-refractivity contribution in [1.82, 2.24) is 14.3 Å². The van der Waals surface area contributed by atoms with E-state index in [1.165, 1.54) is 22.9 Å². The average molecular weight is 515 g/mol. The first-order valence-corrected chi connectivity index (χ1v) is 12.6. The quantitative estimate of drug-likeness (QED) is 0.422. The minimum absolute atomic E-state index is 0.0437. The predicted molar refractivity (Wildman–Crippen MR) is 127 cm³/mol. The van der Waals surface area contributed by atoms with Crippen molar-refractivity contribution in [2.24, 2.45) is 0 Å². The number of rotatable bonds is 5. The molecule has 36 heavy (non-hydrogen) atoms. The number of aromatic nitrogens is 2. The molecular formula is C24H19F2N3O6S. The third kappa shape index (κ3) is 4.19. The van der Waals surface area contributed by atoms with Crippen molar-refractivity contribution >= 4 is 26.8 Å². The van der Waals surface area contributed by atoms with Crippen molar-refractivity contribution in [3.8, 4) is 22.6 Å². The molecule has 0 radical (unpaired) electrons. The molecule has 3 heterocycles. The van der Waals surface area contributed by atoms with E-state index in [0.29, 0.717) is 16.7 Å². The Hall–Kier alpha value is -4.19. The van der Waals surface area contributed by atoms with Crippen molar-refractivity contribution in [2.75, 3.05) is 19.5 Å². The molecule has 9 nitrogen and oxygen atoms in total. The Bertz CT molecular complexity index is 1690. The maximum atomic E-state index is 14.7. The summed E-state index contributed by atoms with van der Waals surface area (Å²) >= 11 is 0. The highest BCUT2D eigenvalue weighted by atomic mass is 32.2. The van der Waals surface area contributed by atoms with Crippen LogP contribution in [0.1, 0.15) is 16.1 Å². The number of pyridine rings is 1. The summed E-state index contributed by atoms with van der Waals surface area (Å²) in [5, 5.41) is 0.291. The molecule has 0 aliphatic carbocycles. The first kappa shape index (κ1) is 23.5. The third-order valence-corrected chi connectivity index (χ3v) is 6.21. The summed E-state index contributed by atoms with van der Waals surface area (Å²) in [6.45, 7) is 0.110. The number of carbonyl (C=O) groups excluding carboxylic acids is 1. The maximum Gasteiger partial charge on any atom is 0.282 e. The molecule has 12 heteroatoms. The van der Waals surface area contributed by atoms with Crippen LogP contribution in [0.3, 0.4) is 0 Å². The zero-order chi connectivity index (χ0) is 25.6. The largest absolute Gasteiger partial charge is 0.486 e. The zero-order valence-electron chi connectivity index (χ0n) is 18.8. The Morgan fingerprint density at radius 3 is 2.67 bits per heavy atom. The Balaban J connectivity index is 1.91. The lowest BCUT2D eigenvalue weighted by Crippen LogP contribution is -2.32. The van der Waals surface area contributed by atoms with Gasteiger partial charge >= 0.3 is 0 Å². The second-order valence-corrected chi connectivity index (χ2v) is 9.89. The van der Waals surface area contributed by atoms with Gasteiger partial charge in [-0.05, 0) is 42.5 Å². The number of nitrogens with zero attached hydrogens (tertiary/aromatic N) is 1. The van der Waals surface area contributed by atoms with Gasteiger partial charge in [-0.2, -0.15) is 0 Å². The fraction of sp³-hybridized carbons (Fsp3) is 0.167. The van der Waals surface area contributed by atoms with Gasteiger partial charge in [0.05, 0.1) is 29.3 Å². The van der Waals surface area contributed by atoms with Crippen molar-refractivity contribution in [3.05, 3.63) is 81.9 Å². The minimum atomic E-state index is -4.03. The van der Waals surface area contributed by atoms with E-state index < -0.39 is 33.1 Å². The fourth-order valence-corrected chi connectivity index (χ4v) is 4.71. The van der Waals surface area contributed by atoms with Crippen molar-refractivity contribution < 1.29 is 31.5 Å². The molecular weight excluding hydrogens is 496 g/mol. The Kier molecular flexibility index (Phi) is 5.75. The zero-order valence-corrected chi connectivity index (χ0v) is 19.6. The topological polar surface area (TPSA) is 119 Å². The number of nitrogens with one attached hydrogen (secondary N) is 2. The van der Waals surface area contributed by atoms with Gasteiger partial charge in [-0.1, -0.05) is 0 Å². The Labute approximate surface area is 203 Å². The number of carbonyl (C=O) groups is 1. The average Bonchev–Trinajstić information content (AvgIpc) is 3.15. The van der Waals surface area contributed by atoms with Crippen LogP contribution in [0.2, 0.25) is 0 Å². The number of aromatic amines is 1. The van der Waals surface area contributed by atoms with Crippen molar-refractivity contribution in [2.45, 2.75) is 6.54 Å². The number of halogens is 2. The van der Waals surface area contributed by atoms with Crippen LogP contribution in [-0.2, 0) is 16.6 Å². The second-order valence-electron chi connectivity index (χ2n) is 8.15. The molecule has 0 atom stereocenters. The van der Waals surface area contributed by atoms with E-state index in [0.717, 1.165) is 24.5 Å². The molecule has 1 aliphatic heterocycles. The van der Waals surface area contributed by atoms with Crippen LogP contribution in [0.5, 0.6) is 11.5 Å². The SMILES string of the molecule is CS(=O)(=O)NC(=O)c1c(-c2ccc[nH]c2=O)c2c3c(ccc2n1Cc1cc(F)ccc1F)OCCO3. The molecule has 2 aromatic carbocycles. The first-order valence-electron chi connectivity index (χ1n) is 10.7. The van der Waals surface area contributed by atoms with Crippen LogP contribution >= 0.6 is 0 Å². The molecule has 0 saturated carbocycles. The van der Waals surface area contributed by atoms with E-state index in [4.69, 9.17) is 9.47 Å². The summed E-state index contributed by atoms with van der Waals surface area (Å²) in [5.41, 5.74) is -0.479. The summed E-state index contributed by atoms with van der Waals surface area (Å²) < 4.78 is 67.4. The summed E-state index contributed by atoms with van der Waals surface area (Å²) in [6.07, 6.45) is 2.20. The first-order chi connectivity index (χ1) is 17.1. The van der Waals surface area contributed by atoms with Gasteiger partial charge < -0.3 is 19.0 Å². The van der Waals surface area contributed by atoms with E-state index >= 15 is 0 Å². The number of sulfonamides is 1. The monoisotopic (exact) mass is 515 g/mol. The predicted octanol–water partition coefficient (Wildman–Crippen LogP) is 2.78. The van der Waals surface area contributed by atoms with Gasteiger partial charge in [-0.3, -0.25) is 9.59 Å². The van der Waals surface area contributed by atoms with Gasteiger partial charge in [-0.25, -0.2) is 21.9 Å². The van der Waals surface area contributed by atoms with Crippen LogP contribution in [0, 0.1) is 11.6 Å². The number of hydrogen-bond acceptors (Lipinski definition) is 6. The standard InChI is InChI=1S/C24H19F2N3O6S/c1-36(32,33)28-24(31)21-19(15-3-2-8-27-23(15)30)20-17(6-7-18-22(20)35-10-9-34-18)29(21)12-13-11-14(25)4-5-16(13)26/h2-8,11H,9-10,12H2,1H3,(H,27,30)(H,28,31). The third-order valence-electron chi connectivity index (χ3n) is 5.65. The molecule has 0 unspecified atom stereocenters. The van der Waals surface area contributed by atoms with Crippen molar-refractivity contribution in [1.29, 1.82) is 0 Å². The summed E-state index contributed by atoms with van der Waals surface area (Å²) in [5.74, 6) is -1.90. The molecule has 5 rings (SSSR count). The number of hydrogen-bond donors (Lipinski definition) is 2. The molecule has 1 amide bonds. The normalized spacial score (nSPS) is 13.1. The van der Waals surface area contributed by atoms with Crippen LogP contribution in [0.25, 0.3) is 22.0 Å². The smallest absolute Gasteiger partial charge is 0.282 e. The second kappa shape index (κ2) is 8.79. The number of benzene rings is 2. The molecule has 0 saturated heterocycles. The van der Waals surface area contributed by atoms with Gasteiger partial charge in [0.2, 0.25) is 10.0 Å². The lowest BCUT2D eigenvalue weighted by atomic mass is 10.0. The van der Waals surface area contributed by atoms with Gasteiger partial charge in [0.1, 0.15) is 30.5 Å². The summed E-state index contributed by atoms with van der Waals surface area (Å²) in [7, 11) is -4.03. The molecule has 1 aliphatic rings. The summed E-state index contributed by atoms with van der Waals surface area (Å²) in [6, 6.07) is 9.06. The van der Waals surface area contributed by atoms with E-state index in [9.17, 15) is 26.8 Å². The van der Waals surface area contributed by atoms with Crippen LogP contribution < -0.4 is 19.8 Å². The lowest BCUT2D eigenvalue weighted by Gasteiger charge is -2.19. The van der Waals surface area contributed by atoms with Crippen LogP contribution in [0.4, 0.5) is 8.78 Å². The van der Waals surface area contributed by atoms with Gasteiger partial charge in [0, 0.05) is 17.3 Å². The van der Waals surface area contributed by atoms with E-state index in [-0.39, 0.29) is 47.9 Å². The fourth-order valence-electron chi connectivity index (χ4n) is 4.28. The Morgan fingerprint density at radius 2 is 1.92 bits per heavy atom. The van der Waals surface area contributed by atoms with Crippen molar-refractivity contribution in [3.63, 3.8) is 0 Å². The number of ether oxygens (including phenoxy) is 2. The van der Waals surface area contributed by atoms with E-state index in [2.05, 4.69) is 4.98 Å². The van der Waals surface area contributed by atoms with Crippen LogP contribution in [0.15, 0.2) is 53.5 Å². The van der Waals surface area contributed by atoms with Crippen LogP contribution in [-0.4, -0.2) is 43.3 Å². The van der Waals surface area contributed by atoms with Gasteiger partial charge in [0.25, 0.3) is 11.5 Å². The molecule has 4 aromatic rings. The molecule has 0 spiro atoms. The lowest BCUT2D eigenvalue weighted by molar-refractivity contribution is 0.0974. The highest BCUT2D eigenvalue weighted by Crippen LogP contribution is 2.45. The highest BCUT2D eigenvalue weighted by molar-refractivity contribution is 7.89. The maximum absolute atomic E-state index is 14.7. The highest BCUT2D eigenvalue weighted by Gasteiger charge is 2.31. The molecule has 2 N–H and O–H groups in total. The van der Waals surface area contributed by atoms with E-state index in [1.54, 1.807) is 12.1 Å². The Morgan fingerprint density at radius 1 is 1.14 bits per heavy atom. The molecule has 186 valence electrons. The van der Waals surface area contributed by atoms with Gasteiger partial charge in [0.15, 0.2) is 11.5 Å². The molecule has 2 aromatic heterocycles. The number of fused-ring (bicyclic) bond motifs is 3.